The highest BCUT2D eigenvalue weighted by Gasteiger charge is 2.24. The first kappa shape index (κ1) is 12.6. The van der Waals surface area contributed by atoms with Gasteiger partial charge in [0.25, 0.3) is 0 Å². The van der Waals surface area contributed by atoms with Gasteiger partial charge < -0.3 is 10.6 Å². The summed E-state index contributed by atoms with van der Waals surface area (Å²) in [5.41, 5.74) is 2.19. The van der Waals surface area contributed by atoms with Gasteiger partial charge in [0, 0.05) is 12.2 Å². The molecule has 2 aliphatic heterocycles. The SMILES string of the molecule is O=C(Nc1cccc(CN2CCCC2)c1)C1CCN1. The number of anilines is 1. The maximum atomic E-state index is 11.9. The highest BCUT2D eigenvalue weighted by molar-refractivity contribution is 5.95. The van der Waals surface area contributed by atoms with E-state index < -0.39 is 0 Å². The van der Waals surface area contributed by atoms with Crippen LogP contribution in [0.5, 0.6) is 0 Å². The summed E-state index contributed by atoms with van der Waals surface area (Å²) >= 11 is 0. The van der Waals surface area contributed by atoms with Crippen LogP contribution in [0.15, 0.2) is 24.3 Å². The van der Waals surface area contributed by atoms with Crippen LogP contribution in [-0.2, 0) is 11.3 Å². The maximum Gasteiger partial charge on any atom is 0.241 e. The smallest absolute Gasteiger partial charge is 0.241 e. The second kappa shape index (κ2) is 5.72. The lowest BCUT2D eigenvalue weighted by atomic mass is 10.1. The van der Waals surface area contributed by atoms with Crippen molar-refractivity contribution < 1.29 is 4.79 Å². The Morgan fingerprint density at radius 3 is 2.84 bits per heavy atom. The Morgan fingerprint density at radius 2 is 2.16 bits per heavy atom. The summed E-state index contributed by atoms with van der Waals surface area (Å²) < 4.78 is 0. The summed E-state index contributed by atoms with van der Waals surface area (Å²) in [5.74, 6) is 0.0876. The molecule has 0 aromatic heterocycles. The average molecular weight is 259 g/mol. The quantitative estimate of drug-likeness (QED) is 0.863. The van der Waals surface area contributed by atoms with Crippen LogP contribution in [0, 0.1) is 0 Å². The molecule has 0 radical (unpaired) electrons. The van der Waals surface area contributed by atoms with Crippen LogP contribution < -0.4 is 10.6 Å². The van der Waals surface area contributed by atoms with Crippen LogP contribution >= 0.6 is 0 Å². The predicted molar refractivity (Wildman–Crippen MR) is 76.0 cm³/mol. The van der Waals surface area contributed by atoms with Crippen LogP contribution in [0.25, 0.3) is 0 Å². The molecule has 1 unspecified atom stereocenters. The summed E-state index contributed by atoms with van der Waals surface area (Å²) in [6.07, 6.45) is 3.56. The van der Waals surface area contributed by atoms with Gasteiger partial charge in [0.2, 0.25) is 5.91 Å². The third-order valence-electron chi connectivity index (χ3n) is 3.94. The van der Waals surface area contributed by atoms with E-state index in [0.717, 1.165) is 25.2 Å². The number of nitrogens with zero attached hydrogens (tertiary/aromatic N) is 1. The van der Waals surface area contributed by atoms with E-state index in [1.807, 2.05) is 12.1 Å². The van der Waals surface area contributed by atoms with Crippen molar-refractivity contribution in [2.24, 2.45) is 0 Å². The third-order valence-corrected chi connectivity index (χ3v) is 3.94. The molecule has 0 bridgehead atoms. The summed E-state index contributed by atoms with van der Waals surface area (Å²) in [6.45, 7) is 4.34. The molecule has 1 aromatic carbocycles. The zero-order valence-electron chi connectivity index (χ0n) is 11.2. The molecule has 0 saturated carbocycles. The molecular weight excluding hydrogens is 238 g/mol. The highest BCUT2D eigenvalue weighted by atomic mass is 16.2. The second-order valence-corrected chi connectivity index (χ2v) is 5.47. The molecule has 2 saturated heterocycles. The van der Waals surface area contributed by atoms with Crippen LogP contribution in [0.2, 0.25) is 0 Å². The number of hydrogen-bond acceptors (Lipinski definition) is 3. The Hall–Kier alpha value is -1.39. The minimum atomic E-state index is 0.00207. The summed E-state index contributed by atoms with van der Waals surface area (Å²) in [6, 6.07) is 8.21. The van der Waals surface area contributed by atoms with Crippen molar-refractivity contribution in [1.82, 2.24) is 10.2 Å². The first-order valence-electron chi connectivity index (χ1n) is 7.17. The van der Waals surface area contributed by atoms with Gasteiger partial charge in [0.15, 0.2) is 0 Å². The minimum absolute atomic E-state index is 0.00207. The number of likely N-dealkylation sites (tertiary alicyclic amines) is 1. The van der Waals surface area contributed by atoms with Crippen LogP contribution in [0.3, 0.4) is 0 Å². The molecule has 4 heteroatoms. The van der Waals surface area contributed by atoms with Crippen molar-refractivity contribution in [2.75, 3.05) is 25.0 Å². The van der Waals surface area contributed by atoms with E-state index in [2.05, 4.69) is 27.7 Å². The summed E-state index contributed by atoms with van der Waals surface area (Å²) in [7, 11) is 0. The fourth-order valence-corrected chi connectivity index (χ4v) is 2.69. The Labute approximate surface area is 114 Å². The van der Waals surface area contributed by atoms with E-state index in [9.17, 15) is 4.79 Å². The molecule has 1 amide bonds. The number of nitrogens with one attached hydrogen (secondary N) is 2. The van der Waals surface area contributed by atoms with Crippen molar-refractivity contribution in [2.45, 2.75) is 31.8 Å². The van der Waals surface area contributed by atoms with Crippen molar-refractivity contribution in [1.29, 1.82) is 0 Å². The molecule has 2 N–H and O–H groups in total. The van der Waals surface area contributed by atoms with Gasteiger partial charge in [-0.15, -0.1) is 0 Å². The zero-order chi connectivity index (χ0) is 13.1. The lowest BCUT2D eigenvalue weighted by molar-refractivity contribution is -0.119. The fraction of sp³-hybridized carbons (Fsp3) is 0.533. The molecule has 2 heterocycles. The second-order valence-electron chi connectivity index (χ2n) is 5.47. The number of rotatable bonds is 4. The number of benzene rings is 1. The van der Waals surface area contributed by atoms with Gasteiger partial charge in [-0.1, -0.05) is 12.1 Å². The van der Waals surface area contributed by atoms with Crippen molar-refractivity contribution in [3.63, 3.8) is 0 Å². The van der Waals surface area contributed by atoms with E-state index >= 15 is 0 Å². The van der Waals surface area contributed by atoms with Gasteiger partial charge in [0.05, 0.1) is 6.04 Å². The van der Waals surface area contributed by atoms with Crippen LogP contribution in [-0.4, -0.2) is 36.5 Å². The number of amides is 1. The normalized spacial score (nSPS) is 23.1. The molecule has 2 fully saturated rings. The molecule has 4 nitrogen and oxygen atoms in total. The van der Waals surface area contributed by atoms with Crippen LogP contribution in [0.1, 0.15) is 24.8 Å². The summed E-state index contributed by atoms with van der Waals surface area (Å²) in [4.78, 5) is 14.3. The minimum Gasteiger partial charge on any atom is -0.325 e. The molecular formula is C15H21N3O. The molecule has 19 heavy (non-hydrogen) atoms. The Kier molecular flexibility index (Phi) is 3.80. The lowest BCUT2D eigenvalue weighted by Crippen LogP contribution is -2.50. The highest BCUT2D eigenvalue weighted by Crippen LogP contribution is 2.17. The monoisotopic (exact) mass is 259 g/mol. The van der Waals surface area contributed by atoms with Gasteiger partial charge in [-0.2, -0.15) is 0 Å². The maximum absolute atomic E-state index is 11.9. The van der Waals surface area contributed by atoms with Gasteiger partial charge in [-0.25, -0.2) is 0 Å². The van der Waals surface area contributed by atoms with E-state index in [1.165, 1.54) is 31.5 Å². The largest absolute Gasteiger partial charge is 0.325 e. The number of carbonyl (C=O) groups is 1. The Bertz CT molecular complexity index is 450. The van der Waals surface area contributed by atoms with E-state index in [0.29, 0.717) is 0 Å². The Morgan fingerprint density at radius 1 is 1.37 bits per heavy atom. The van der Waals surface area contributed by atoms with Crippen molar-refractivity contribution in [3.8, 4) is 0 Å². The third kappa shape index (κ3) is 3.14. The summed E-state index contributed by atoms with van der Waals surface area (Å²) in [5, 5.41) is 6.11. The molecule has 102 valence electrons. The molecule has 1 atom stereocenters. The fourth-order valence-electron chi connectivity index (χ4n) is 2.69. The predicted octanol–water partition coefficient (Wildman–Crippen LogP) is 1.58. The van der Waals surface area contributed by atoms with Gasteiger partial charge in [-0.3, -0.25) is 9.69 Å². The van der Waals surface area contributed by atoms with Crippen molar-refractivity contribution in [3.05, 3.63) is 29.8 Å². The van der Waals surface area contributed by atoms with E-state index in [4.69, 9.17) is 0 Å². The standard InChI is InChI=1S/C15H21N3O/c19-15(14-6-7-16-14)17-13-5-3-4-12(10-13)11-18-8-1-2-9-18/h3-5,10,14,16H,1-2,6-9,11H2,(H,17,19). The van der Waals surface area contributed by atoms with Gasteiger partial charge >= 0.3 is 0 Å². The van der Waals surface area contributed by atoms with Gasteiger partial charge in [-0.05, 0) is 56.6 Å². The van der Waals surface area contributed by atoms with Crippen molar-refractivity contribution >= 4 is 11.6 Å². The van der Waals surface area contributed by atoms with E-state index in [-0.39, 0.29) is 11.9 Å². The first-order chi connectivity index (χ1) is 9.31. The first-order valence-corrected chi connectivity index (χ1v) is 7.17. The molecule has 3 rings (SSSR count). The number of carbonyl (C=O) groups excluding carboxylic acids is 1. The zero-order valence-corrected chi connectivity index (χ0v) is 11.2. The van der Waals surface area contributed by atoms with Crippen LogP contribution in [0.4, 0.5) is 5.69 Å². The topological polar surface area (TPSA) is 44.4 Å². The van der Waals surface area contributed by atoms with E-state index in [1.54, 1.807) is 0 Å². The molecule has 1 aromatic rings. The molecule has 2 aliphatic rings. The Balaban J connectivity index is 1.60. The molecule has 0 aliphatic carbocycles. The lowest BCUT2D eigenvalue weighted by Gasteiger charge is -2.26. The molecule has 0 spiro atoms. The van der Waals surface area contributed by atoms with Gasteiger partial charge in [0.1, 0.15) is 0 Å². The average Bonchev–Trinajstić information content (AvgIpc) is 2.79. The number of hydrogen-bond donors (Lipinski definition) is 2.